The molecule has 0 aliphatic rings. The van der Waals surface area contributed by atoms with Crippen molar-refractivity contribution in [3.8, 4) is 0 Å². The number of amides is 2. The second-order valence-electron chi connectivity index (χ2n) is 6.74. The van der Waals surface area contributed by atoms with Gasteiger partial charge in [-0.25, -0.2) is 0 Å². The molecule has 0 unspecified atom stereocenters. The van der Waals surface area contributed by atoms with Crippen molar-refractivity contribution in [2.24, 2.45) is 0 Å². The van der Waals surface area contributed by atoms with E-state index in [0.29, 0.717) is 13.1 Å². The van der Waals surface area contributed by atoms with Crippen LogP contribution in [0.25, 0.3) is 0 Å². The van der Waals surface area contributed by atoms with Gasteiger partial charge < -0.3 is 20.0 Å². The summed E-state index contributed by atoms with van der Waals surface area (Å²) in [7, 11) is 6.56. The van der Waals surface area contributed by atoms with Crippen molar-refractivity contribution in [1.29, 1.82) is 0 Å². The highest BCUT2D eigenvalue weighted by Crippen LogP contribution is 2.02. The first-order valence-corrected chi connectivity index (χ1v) is 8.62. The fraction of sp³-hybridized carbons (Fsp3) is 0.667. The summed E-state index contributed by atoms with van der Waals surface area (Å²) in [5.74, 6) is -0.216. The summed E-state index contributed by atoms with van der Waals surface area (Å²) in [5, 5.41) is 5.59. The molecule has 2 amide bonds. The lowest BCUT2D eigenvalue weighted by molar-refractivity contribution is -0.890. The van der Waals surface area contributed by atoms with E-state index in [-0.39, 0.29) is 11.8 Å². The van der Waals surface area contributed by atoms with E-state index in [1.54, 1.807) is 0 Å². The number of nitrogens with zero attached hydrogens (tertiary/aromatic N) is 2. The number of hydrogen-bond acceptors (Lipinski definition) is 3. The van der Waals surface area contributed by atoms with E-state index in [2.05, 4.69) is 49.8 Å². The standard InChI is InChI=1S/C18H34N4O2/c1-6-17(23)19-11-8-13-21(3)14-10-16-22(4,5)15-9-12-20-18(24)7-2/h6-7H,1-2,8-16H2,3-5H3,(H-,19,20,23,24)/p+1. The number of carbonyl (C=O) groups is 2. The molecular weight excluding hydrogens is 304 g/mol. The number of quaternary nitrogens is 1. The van der Waals surface area contributed by atoms with E-state index in [0.717, 1.165) is 49.9 Å². The minimum absolute atomic E-state index is 0.105. The van der Waals surface area contributed by atoms with Crippen LogP contribution in [0.15, 0.2) is 25.3 Å². The van der Waals surface area contributed by atoms with E-state index >= 15 is 0 Å². The average molecular weight is 340 g/mol. The van der Waals surface area contributed by atoms with Gasteiger partial charge in [-0.15, -0.1) is 0 Å². The summed E-state index contributed by atoms with van der Waals surface area (Å²) in [6.07, 6.45) is 5.63. The predicted octanol–water partition coefficient (Wildman–Crippen LogP) is 0.769. The molecule has 0 aromatic rings. The molecule has 0 bridgehead atoms. The molecule has 24 heavy (non-hydrogen) atoms. The third kappa shape index (κ3) is 12.8. The second kappa shape index (κ2) is 12.7. The third-order valence-electron chi connectivity index (χ3n) is 3.93. The second-order valence-corrected chi connectivity index (χ2v) is 6.74. The maximum atomic E-state index is 11.1. The molecule has 0 atom stereocenters. The van der Waals surface area contributed by atoms with Gasteiger partial charge in [0.05, 0.1) is 27.2 Å². The summed E-state index contributed by atoms with van der Waals surface area (Å²) >= 11 is 0. The monoisotopic (exact) mass is 339 g/mol. The van der Waals surface area contributed by atoms with E-state index < -0.39 is 0 Å². The number of rotatable bonds is 14. The smallest absolute Gasteiger partial charge is 0.243 e. The highest BCUT2D eigenvalue weighted by molar-refractivity contribution is 5.87. The molecule has 0 saturated carbocycles. The Morgan fingerprint density at radius 1 is 0.917 bits per heavy atom. The molecule has 0 heterocycles. The van der Waals surface area contributed by atoms with Crippen molar-refractivity contribution in [2.75, 3.05) is 60.4 Å². The summed E-state index contributed by atoms with van der Waals surface area (Å²) in [5.41, 5.74) is 0. The first kappa shape index (κ1) is 22.3. The Labute approximate surface area is 147 Å². The zero-order chi connectivity index (χ0) is 18.4. The lowest BCUT2D eigenvalue weighted by Gasteiger charge is -2.30. The average Bonchev–Trinajstić information content (AvgIpc) is 2.54. The molecule has 2 N–H and O–H groups in total. The normalized spacial score (nSPS) is 11.2. The molecular formula is C18H35N4O2+. The van der Waals surface area contributed by atoms with E-state index in [1.807, 2.05) is 0 Å². The van der Waals surface area contributed by atoms with Gasteiger partial charge in [-0.1, -0.05) is 13.2 Å². The lowest BCUT2D eigenvalue weighted by atomic mass is 10.3. The van der Waals surface area contributed by atoms with Crippen molar-refractivity contribution in [1.82, 2.24) is 15.5 Å². The molecule has 6 nitrogen and oxygen atoms in total. The maximum absolute atomic E-state index is 11.1. The molecule has 6 heteroatoms. The van der Waals surface area contributed by atoms with Crippen LogP contribution in [0.1, 0.15) is 19.3 Å². The van der Waals surface area contributed by atoms with Crippen LogP contribution in [0.2, 0.25) is 0 Å². The Balaban J connectivity index is 3.71. The fourth-order valence-electron chi connectivity index (χ4n) is 2.42. The SMILES string of the molecule is C=CC(=O)NCCCN(C)CCC[N+](C)(C)CCCNC(=O)C=C. The van der Waals surface area contributed by atoms with Gasteiger partial charge >= 0.3 is 0 Å². The minimum Gasteiger partial charge on any atom is -0.353 e. The summed E-state index contributed by atoms with van der Waals surface area (Å²) < 4.78 is 0.952. The van der Waals surface area contributed by atoms with Crippen LogP contribution >= 0.6 is 0 Å². The number of carbonyl (C=O) groups excluding carboxylic acids is 2. The van der Waals surface area contributed by atoms with Gasteiger partial charge in [0.25, 0.3) is 0 Å². The Morgan fingerprint density at radius 2 is 1.38 bits per heavy atom. The highest BCUT2D eigenvalue weighted by Gasteiger charge is 2.14. The van der Waals surface area contributed by atoms with Crippen LogP contribution in [0.5, 0.6) is 0 Å². The molecule has 0 aliphatic heterocycles. The molecule has 0 radical (unpaired) electrons. The molecule has 0 aromatic carbocycles. The van der Waals surface area contributed by atoms with Gasteiger partial charge in [0.2, 0.25) is 11.8 Å². The van der Waals surface area contributed by atoms with Gasteiger partial charge in [0, 0.05) is 32.5 Å². The lowest BCUT2D eigenvalue weighted by Crippen LogP contribution is -2.43. The molecule has 138 valence electrons. The summed E-state index contributed by atoms with van der Waals surface area (Å²) in [6.45, 7) is 12.4. The molecule has 0 fully saturated rings. The first-order chi connectivity index (χ1) is 11.3. The Morgan fingerprint density at radius 3 is 1.92 bits per heavy atom. The molecule has 0 rings (SSSR count). The van der Waals surface area contributed by atoms with Crippen LogP contribution in [0.3, 0.4) is 0 Å². The van der Waals surface area contributed by atoms with Gasteiger partial charge in [-0.3, -0.25) is 9.59 Å². The highest BCUT2D eigenvalue weighted by atomic mass is 16.2. The van der Waals surface area contributed by atoms with Crippen molar-refractivity contribution in [2.45, 2.75) is 19.3 Å². The van der Waals surface area contributed by atoms with Gasteiger partial charge in [0.1, 0.15) is 0 Å². The minimum atomic E-state index is -0.110. The van der Waals surface area contributed by atoms with Crippen molar-refractivity contribution in [3.63, 3.8) is 0 Å². The fourth-order valence-corrected chi connectivity index (χ4v) is 2.42. The van der Waals surface area contributed by atoms with Crippen molar-refractivity contribution < 1.29 is 14.1 Å². The van der Waals surface area contributed by atoms with Crippen LogP contribution in [0, 0.1) is 0 Å². The zero-order valence-corrected chi connectivity index (χ0v) is 15.6. The molecule has 0 aromatic heterocycles. The molecule has 0 spiro atoms. The topological polar surface area (TPSA) is 61.4 Å². The van der Waals surface area contributed by atoms with E-state index in [4.69, 9.17) is 0 Å². The molecule has 0 aliphatic carbocycles. The number of nitrogens with one attached hydrogen (secondary N) is 2. The van der Waals surface area contributed by atoms with Gasteiger partial charge in [-0.2, -0.15) is 0 Å². The van der Waals surface area contributed by atoms with E-state index in [1.165, 1.54) is 12.2 Å². The largest absolute Gasteiger partial charge is 0.353 e. The van der Waals surface area contributed by atoms with Crippen molar-refractivity contribution in [3.05, 3.63) is 25.3 Å². The summed E-state index contributed by atoms with van der Waals surface area (Å²) in [6, 6.07) is 0. The Kier molecular flexibility index (Phi) is 11.8. The zero-order valence-electron chi connectivity index (χ0n) is 15.6. The van der Waals surface area contributed by atoms with Gasteiger partial charge in [-0.05, 0) is 32.2 Å². The maximum Gasteiger partial charge on any atom is 0.243 e. The first-order valence-electron chi connectivity index (χ1n) is 8.62. The Bertz CT molecular complexity index is 408. The third-order valence-corrected chi connectivity index (χ3v) is 3.93. The Hall–Kier alpha value is -1.66. The molecule has 0 saturated heterocycles. The number of hydrogen-bond donors (Lipinski definition) is 2. The van der Waals surface area contributed by atoms with Crippen LogP contribution in [0.4, 0.5) is 0 Å². The van der Waals surface area contributed by atoms with Crippen LogP contribution in [-0.2, 0) is 9.59 Å². The van der Waals surface area contributed by atoms with Gasteiger partial charge in [0.15, 0.2) is 0 Å². The predicted molar refractivity (Wildman–Crippen MR) is 99.6 cm³/mol. The summed E-state index contributed by atoms with van der Waals surface area (Å²) in [4.78, 5) is 24.4. The van der Waals surface area contributed by atoms with E-state index in [9.17, 15) is 9.59 Å². The van der Waals surface area contributed by atoms with Crippen LogP contribution < -0.4 is 10.6 Å². The van der Waals surface area contributed by atoms with Crippen LogP contribution in [-0.4, -0.2) is 81.6 Å². The quantitative estimate of drug-likeness (QED) is 0.279. The van der Waals surface area contributed by atoms with Crippen molar-refractivity contribution >= 4 is 11.8 Å².